The molecule has 2 amide bonds. The lowest BCUT2D eigenvalue weighted by Crippen LogP contribution is -3.12. The minimum atomic E-state index is -0.483. The highest BCUT2D eigenvalue weighted by Gasteiger charge is 2.22. The van der Waals surface area contributed by atoms with Crippen molar-refractivity contribution in [2.45, 2.75) is 26.4 Å². The van der Waals surface area contributed by atoms with Crippen molar-refractivity contribution in [1.82, 2.24) is 0 Å². The lowest BCUT2D eigenvalue weighted by atomic mass is 10.1. The van der Waals surface area contributed by atoms with Crippen LogP contribution in [0.5, 0.6) is 0 Å². The van der Waals surface area contributed by atoms with E-state index in [9.17, 15) is 9.59 Å². The SMILES string of the molecule is Cc1ccccc1C[NH+](C)[C@@H](C)C(=O)Nc1ccc(C(N)=O)cc1. The number of anilines is 1. The molecular weight excluding hydrogens is 302 g/mol. The number of benzene rings is 2. The molecule has 0 spiro atoms. The minimum absolute atomic E-state index is 0.0621. The highest BCUT2D eigenvalue weighted by molar-refractivity contribution is 5.95. The van der Waals surface area contributed by atoms with Crippen LogP contribution < -0.4 is 16.0 Å². The normalized spacial score (nSPS) is 13.1. The van der Waals surface area contributed by atoms with Crippen molar-refractivity contribution in [3.63, 3.8) is 0 Å². The maximum absolute atomic E-state index is 12.4. The van der Waals surface area contributed by atoms with Crippen molar-refractivity contribution in [2.24, 2.45) is 5.73 Å². The maximum Gasteiger partial charge on any atom is 0.282 e. The fourth-order valence-corrected chi connectivity index (χ4v) is 2.45. The zero-order chi connectivity index (χ0) is 17.7. The van der Waals surface area contributed by atoms with E-state index in [2.05, 4.69) is 24.4 Å². The Morgan fingerprint density at radius 2 is 1.75 bits per heavy atom. The molecule has 0 aliphatic heterocycles. The number of nitrogens with one attached hydrogen (secondary N) is 2. The van der Waals surface area contributed by atoms with E-state index >= 15 is 0 Å². The van der Waals surface area contributed by atoms with Crippen molar-refractivity contribution in [2.75, 3.05) is 12.4 Å². The van der Waals surface area contributed by atoms with Crippen molar-refractivity contribution >= 4 is 17.5 Å². The number of rotatable bonds is 6. The summed E-state index contributed by atoms with van der Waals surface area (Å²) in [6, 6.07) is 14.6. The van der Waals surface area contributed by atoms with E-state index < -0.39 is 5.91 Å². The summed E-state index contributed by atoms with van der Waals surface area (Å²) in [5, 5.41) is 2.88. The molecule has 0 saturated heterocycles. The Morgan fingerprint density at radius 3 is 2.33 bits per heavy atom. The molecule has 0 fully saturated rings. The molecule has 0 heterocycles. The van der Waals surface area contributed by atoms with E-state index in [0.717, 1.165) is 11.4 Å². The van der Waals surface area contributed by atoms with Gasteiger partial charge < -0.3 is 16.0 Å². The molecule has 2 rings (SSSR count). The van der Waals surface area contributed by atoms with Crippen LogP contribution in [-0.4, -0.2) is 24.9 Å². The zero-order valence-electron chi connectivity index (χ0n) is 14.3. The van der Waals surface area contributed by atoms with E-state index in [4.69, 9.17) is 5.73 Å². The van der Waals surface area contributed by atoms with E-state index in [1.165, 1.54) is 11.1 Å². The van der Waals surface area contributed by atoms with Gasteiger partial charge in [0.25, 0.3) is 5.91 Å². The fraction of sp³-hybridized carbons (Fsp3) is 0.263. The predicted octanol–water partition coefficient (Wildman–Crippen LogP) is 1.14. The molecular formula is C19H24N3O2+. The third-order valence-corrected chi connectivity index (χ3v) is 4.30. The van der Waals surface area contributed by atoms with Crippen LogP contribution in [0.15, 0.2) is 48.5 Å². The summed E-state index contributed by atoms with van der Waals surface area (Å²) in [5.41, 5.74) is 8.75. The highest BCUT2D eigenvalue weighted by atomic mass is 16.2. The zero-order valence-corrected chi connectivity index (χ0v) is 14.3. The second-order valence-corrected chi connectivity index (χ2v) is 6.10. The number of primary amides is 1. The van der Waals surface area contributed by atoms with Gasteiger partial charge in [-0.2, -0.15) is 0 Å². The van der Waals surface area contributed by atoms with Crippen LogP contribution in [0.1, 0.15) is 28.4 Å². The van der Waals surface area contributed by atoms with Crippen molar-refractivity contribution in [3.05, 3.63) is 65.2 Å². The maximum atomic E-state index is 12.4. The molecule has 5 heteroatoms. The number of quaternary nitrogens is 1. The van der Waals surface area contributed by atoms with Crippen LogP contribution in [0, 0.1) is 6.92 Å². The Morgan fingerprint density at radius 1 is 1.12 bits per heavy atom. The molecule has 0 aliphatic carbocycles. The van der Waals surface area contributed by atoms with Crippen molar-refractivity contribution in [1.29, 1.82) is 0 Å². The van der Waals surface area contributed by atoms with Gasteiger partial charge in [0.15, 0.2) is 6.04 Å². The Hall–Kier alpha value is -2.66. The first-order chi connectivity index (χ1) is 11.4. The van der Waals surface area contributed by atoms with Crippen LogP contribution in [0.25, 0.3) is 0 Å². The van der Waals surface area contributed by atoms with Crippen molar-refractivity contribution in [3.8, 4) is 0 Å². The van der Waals surface area contributed by atoms with Crippen LogP contribution in [0.3, 0.4) is 0 Å². The summed E-state index contributed by atoms with van der Waals surface area (Å²) in [4.78, 5) is 24.6. The quantitative estimate of drug-likeness (QED) is 0.744. The first-order valence-corrected chi connectivity index (χ1v) is 7.96. The monoisotopic (exact) mass is 326 g/mol. The van der Waals surface area contributed by atoms with Crippen molar-refractivity contribution < 1.29 is 14.5 Å². The van der Waals surface area contributed by atoms with Crippen LogP contribution in [0.2, 0.25) is 0 Å². The average Bonchev–Trinajstić information content (AvgIpc) is 2.56. The summed E-state index contributed by atoms with van der Waals surface area (Å²) < 4.78 is 0. The molecule has 1 unspecified atom stereocenters. The predicted molar refractivity (Wildman–Crippen MR) is 94.8 cm³/mol. The molecule has 0 aromatic heterocycles. The molecule has 24 heavy (non-hydrogen) atoms. The topological polar surface area (TPSA) is 76.6 Å². The number of amides is 2. The fourth-order valence-electron chi connectivity index (χ4n) is 2.45. The van der Waals surface area contributed by atoms with Gasteiger partial charge in [-0.15, -0.1) is 0 Å². The second kappa shape index (κ2) is 7.75. The largest absolute Gasteiger partial charge is 0.366 e. The molecule has 2 aromatic rings. The molecule has 5 nitrogen and oxygen atoms in total. The third-order valence-electron chi connectivity index (χ3n) is 4.30. The molecule has 4 N–H and O–H groups in total. The summed E-state index contributed by atoms with van der Waals surface area (Å²) in [6.07, 6.45) is 0. The Balaban J connectivity index is 1.98. The summed E-state index contributed by atoms with van der Waals surface area (Å²) >= 11 is 0. The smallest absolute Gasteiger partial charge is 0.282 e. The summed E-state index contributed by atoms with van der Waals surface area (Å²) in [5.74, 6) is -0.545. The van der Waals surface area contributed by atoms with E-state index in [1.54, 1.807) is 24.3 Å². The number of carbonyl (C=O) groups excluding carboxylic acids is 2. The average molecular weight is 326 g/mol. The lowest BCUT2D eigenvalue weighted by Gasteiger charge is -2.22. The highest BCUT2D eigenvalue weighted by Crippen LogP contribution is 2.09. The van der Waals surface area contributed by atoms with E-state index in [1.807, 2.05) is 26.1 Å². The molecule has 0 saturated carbocycles. The number of hydrogen-bond donors (Lipinski definition) is 3. The standard InChI is InChI=1S/C19H23N3O2/c1-13-6-4-5-7-16(13)12-22(3)14(2)19(24)21-17-10-8-15(9-11-17)18(20)23/h4-11,14H,12H2,1-3H3,(H2,20,23)(H,21,24)/p+1/t14-/m0/s1. The first-order valence-electron chi connectivity index (χ1n) is 7.96. The van der Waals surface area contributed by atoms with Crippen LogP contribution >= 0.6 is 0 Å². The van der Waals surface area contributed by atoms with Gasteiger partial charge in [-0.25, -0.2) is 0 Å². The molecule has 2 aromatic carbocycles. The molecule has 0 radical (unpaired) electrons. The minimum Gasteiger partial charge on any atom is -0.366 e. The third kappa shape index (κ3) is 4.43. The van der Waals surface area contributed by atoms with Gasteiger partial charge in [-0.05, 0) is 43.7 Å². The van der Waals surface area contributed by atoms with Gasteiger partial charge in [0.2, 0.25) is 5.91 Å². The Kier molecular flexibility index (Phi) is 5.71. The molecule has 0 bridgehead atoms. The summed E-state index contributed by atoms with van der Waals surface area (Å²) in [6.45, 7) is 4.76. The van der Waals surface area contributed by atoms with Gasteiger partial charge in [0.1, 0.15) is 6.54 Å². The van der Waals surface area contributed by atoms with E-state index in [0.29, 0.717) is 11.3 Å². The molecule has 0 aliphatic rings. The van der Waals surface area contributed by atoms with Gasteiger partial charge in [0.05, 0.1) is 7.05 Å². The number of nitrogens with two attached hydrogens (primary N) is 1. The molecule has 2 atom stereocenters. The van der Waals surface area contributed by atoms with Gasteiger partial charge in [0, 0.05) is 16.8 Å². The van der Waals surface area contributed by atoms with Gasteiger partial charge in [-0.1, -0.05) is 24.3 Å². The Labute approximate surface area is 142 Å². The molecule has 126 valence electrons. The lowest BCUT2D eigenvalue weighted by molar-refractivity contribution is -0.907. The van der Waals surface area contributed by atoms with Crippen LogP contribution in [0.4, 0.5) is 5.69 Å². The van der Waals surface area contributed by atoms with Gasteiger partial charge in [-0.3, -0.25) is 9.59 Å². The van der Waals surface area contributed by atoms with Gasteiger partial charge >= 0.3 is 0 Å². The van der Waals surface area contributed by atoms with Crippen LogP contribution in [-0.2, 0) is 11.3 Å². The number of carbonyl (C=O) groups is 2. The second-order valence-electron chi connectivity index (χ2n) is 6.10. The number of likely N-dealkylation sites (N-methyl/N-ethyl adjacent to an activating group) is 1. The number of aryl methyl sites for hydroxylation is 1. The Bertz CT molecular complexity index is 726. The number of hydrogen-bond acceptors (Lipinski definition) is 2. The summed E-state index contributed by atoms with van der Waals surface area (Å²) in [7, 11) is 2.01. The van der Waals surface area contributed by atoms with E-state index in [-0.39, 0.29) is 11.9 Å². The first kappa shape index (κ1) is 17.7.